The number of aryl methyl sites for hydroxylation is 1. The summed E-state index contributed by atoms with van der Waals surface area (Å²) in [5, 5.41) is 0.238. The zero-order valence-electron chi connectivity index (χ0n) is 17.3. The van der Waals surface area contributed by atoms with E-state index in [0.717, 1.165) is 37.3 Å². The lowest BCUT2D eigenvalue weighted by Gasteiger charge is -2.35. The Balaban J connectivity index is 1.47. The van der Waals surface area contributed by atoms with Crippen molar-refractivity contribution >= 4 is 23.1 Å². The van der Waals surface area contributed by atoms with Gasteiger partial charge in [0.25, 0.3) is 0 Å². The van der Waals surface area contributed by atoms with Gasteiger partial charge >= 0.3 is 6.18 Å². The van der Waals surface area contributed by atoms with E-state index in [0.29, 0.717) is 13.2 Å². The molecule has 1 aromatic carbocycles. The summed E-state index contributed by atoms with van der Waals surface area (Å²) >= 11 is 0. The second-order valence-electron chi connectivity index (χ2n) is 8.17. The molecule has 0 bridgehead atoms. The summed E-state index contributed by atoms with van der Waals surface area (Å²) in [6.07, 6.45) is 2.06. The van der Waals surface area contributed by atoms with Crippen LogP contribution in [0.15, 0.2) is 41.7 Å². The second-order valence-corrected chi connectivity index (χ2v) is 8.17. The van der Waals surface area contributed by atoms with Gasteiger partial charge in [0, 0.05) is 25.3 Å². The number of aromatic amines is 1. The lowest BCUT2D eigenvalue weighted by molar-refractivity contribution is -0.140. The highest BCUT2D eigenvalue weighted by Gasteiger charge is 2.34. The van der Waals surface area contributed by atoms with Crippen molar-refractivity contribution in [3.05, 3.63) is 53.5 Å². The molecule has 1 N–H and O–H groups in total. The Bertz CT molecular complexity index is 1120. The van der Waals surface area contributed by atoms with E-state index >= 15 is 0 Å². The van der Waals surface area contributed by atoms with E-state index in [1.165, 1.54) is 11.9 Å². The normalized spacial score (nSPS) is 22.5. The number of ether oxygens (including phenoxy) is 2. The van der Waals surface area contributed by atoms with Crippen molar-refractivity contribution in [3.63, 3.8) is 0 Å². The molecule has 1 aliphatic heterocycles. The number of benzene rings is 1. The van der Waals surface area contributed by atoms with Gasteiger partial charge in [-0.3, -0.25) is 0 Å². The van der Waals surface area contributed by atoms with Crippen LogP contribution in [-0.2, 0) is 22.1 Å². The first-order valence-corrected chi connectivity index (χ1v) is 10.7. The Kier molecular flexibility index (Phi) is 5.69. The molecule has 2 aromatic heterocycles. The van der Waals surface area contributed by atoms with Crippen molar-refractivity contribution in [2.24, 2.45) is 4.99 Å². The third-order valence-corrected chi connectivity index (χ3v) is 6.12. The zero-order chi connectivity index (χ0) is 22.1. The number of hydrogen-bond donors (Lipinski definition) is 1. The number of nitrogens with zero attached hydrogens (tertiary/aromatic N) is 3. The van der Waals surface area contributed by atoms with E-state index in [2.05, 4.69) is 32.1 Å². The predicted molar refractivity (Wildman–Crippen MR) is 113 cm³/mol. The van der Waals surface area contributed by atoms with Gasteiger partial charge in [-0.1, -0.05) is 24.3 Å². The van der Waals surface area contributed by atoms with Crippen molar-refractivity contribution in [3.8, 4) is 0 Å². The number of halogens is 3. The van der Waals surface area contributed by atoms with Crippen molar-refractivity contribution in [1.82, 2.24) is 15.0 Å². The molecule has 0 spiro atoms. The van der Waals surface area contributed by atoms with Gasteiger partial charge in [-0.05, 0) is 42.9 Å². The first kappa shape index (κ1) is 21.1. The standard InChI is InChI=1S/C23H23F3N4O2/c24-23(25,26)20-11-17-21(28-13-29-22(17)30-20)27-12-18-16-4-2-1-3-14(16)5-6-19(18)32-15-7-9-31-10-8-15/h1-4,11-13,15,18-19H,5-10H2,(H,28,29,30)/t18?,19-/m1/s1. The lowest BCUT2D eigenvalue weighted by Crippen LogP contribution is -2.35. The van der Waals surface area contributed by atoms with Gasteiger partial charge in [-0.2, -0.15) is 13.2 Å². The van der Waals surface area contributed by atoms with Gasteiger partial charge in [0.2, 0.25) is 0 Å². The number of nitrogens with one attached hydrogen (secondary N) is 1. The van der Waals surface area contributed by atoms with Gasteiger partial charge in [-0.15, -0.1) is 0 Å². The molecule has 3 heterocycles. The molecule has 1 aliphatic carbocycles. The van der Waals surface area contributed by atoms with Gasteiger partial charge in [0.1, 0.15) is 17.7 Å². The summed E-state index contributed by atoms with van der Waals surface area (Å²) < 4.78 is 51.3. The molecule has 3 aromatic rings. The SMILES string of the molecule is FC(F)(F)c1cc2c(N=CC3c4ccccc4CC[C@H]3OC3CCOCC3)ncnc2[nH]1. The van der Waals surface area contributed by atoms with E-state index in [4.69, 9.17) is 9.47 Å². The first-order valence-electron chi connectivity index (χ1n) is 10.7. The van der Waals surface area contributed by atoms with Crippen LogP contribution in [0, 0.1) is 0 Å². The molecule has 0 radical (unpaired) electrons. The fourth-order valence-electron chi connectivity index (χ4n) is 4.49. The van der Waals surface area contributed by atoms with Crippen LogP contribution in [0.3, 0.4) is 0 Å². The van der Waals surface area contributed by atoms with Crippen molar-refractivity contribution in [2.45, 2.75) is 50.0 Å². The van der Waals surface area contributed by atoms with Crippen LogP contribution in [0.4, 0.5) is 19.0 Å². The molecule has 2 atom stereocenters. The lowest BCUT2D eigenvalue weighted by atomic mass is 9.81. The van der Waals surface area contributed by atoms with Crippen LogP contribution in [0.2, 0.25) is 0 Å². The summed E-state index contributed by atoms with van der Waals surface area (Å²) in [5.41, 5.74) is 1.62. The van der Waals surface area contributed by atoms with Gasteiger partial charge in [0.15, 0.2) is 5.82 Å². The highest BCUT2D eigenvalue weighted by Crippen LogP contribution is 2.36. The number of aliphatic imine (C=N–C) groups is 1. The number of H-pyrrole nitrogens is 1. The predicted octanol–water partition coefficient (Wildman–Crippen LogP) is 4.97. The number of alkyl halides is 3. The minimum Gasteiger partial charge on any atom is -0.381 e. The van der Waals surface area contributed by atoms with Crippen LogP contribution in [0.5, 0.6) is 0 Å². The molecule has 6 nitrogen and oxygen atoms in total. The summed E-state index contributed by atoms with van der Waals surface area (Å²) in [4.78, 5) is 14.9. The first-order chi connectivity index (χ1) is 15.5. The molecular formula is C23H23F3N4O2. The quantitative estimate of drug-likeness (QED) is 0.577. The Labute approximate surface area is 182 Å². The van der Waals surface area contributed by atoms with Crippen LogP contribution in [-0.4, -0.2) is 46.6 Å². The number of aromatic nitrogens is 3. The maximum absolute atomic E-state index is 13.1. The Morgan fingerprint density at radius 3 is 2.75 bits per heavy atom. The van der Waals surface area contributed by atoms with E-state index in [-0.39, 0.29) is 35.0 Å². The minimum atomic E-state index is -4.49. The minimum absolute atomic E-state index is 0.0639. The number of hydrogen-bond acceptors (Lipinski definition) is 5. The van der Waals surface area contributed by atoms with E-state index in [1.807, 2.05) is 12.1 Å². The van der Waals surface area contributed by atoms with Crippen LogP contribution in [0.25, 0.3) is 11.0 Å². The molecule has 1 unspecified atom stereocenters. The topological polar surface area (TPSA) is 72.4 Å². The Hall–Kier alpha value is -2.78. The van der Waals surface area contributed by atoms with Crippen molar-refractivity contribution < 1.29 is 22.6 Å². The van der Waals surface area contributed by atoms with Crippen LogP contribution in [0.1, 0.15) is 42.0 Å². The Morgan fingerprint density at radius 1 is 1.12 bits per heavy atom. The van der Waals surface area contributed by atoms with E-state index in [9.17, 15) is 13.2 Å². The van der Waals surface area contributed by atoms with Crippen molar-refractivity contribution in [1.29, 1.82) is 0 Å². The molecule has 0 saturated carbocycles. The average molecular weight is 444 g/mol. The summed E-state index contributed by atoms with van der Waals surface area (Å²) in [5.74, 6) is 0.0865. The van der Waals surface area contributed by atoms with Gasteiger partial charge in [0.05, 0.1) is 17.6 Å². The third kappa shape index (κ3) is 4.27. The third-order valence-electron chi connectivity index (χ3n) is 6.12. The largest absolute Gasteiger partial charge is 0.431 e. The van der Waals surface area contributed by atoms with Crippen LogP contribution < -0.4 is 0 Å². The molecule has 1 saturated heterocycles. The highest BCUT2D eigenvalue weighted by atomic mass is 19.4. The fraction of sp³-hybridized carbons (Fsp3) is 0.435. The smallest absolute Gasteiger partial charge is 0.381 e. The maximum Gasteiger partial charge on any atom is 0.431 e. The molecule has 5 rings (SSSR count). The highest BCUT2D eigenvalue weighted by molar-refractivity contribution is 5.88. The van der Waals surface area contributed by atoms with Crippen molar-refractivity contribution in [2.75, 3.05) is 13.2 Å². The van der Waals surface area contributed by atoms with Crippen LogP contribution >= 0.6 is 0 Å². The number of rotatable bonds is 4. The summed E-state index contributed by atoms with van der Waals surface area (Å²) in [6.45, 7) is 1.39. The molecule has 32 heavy (non-hydrogen) atoms. The maximum atomic E-state index is 13.1. The van der Waals surface area contributed by atoms with E-state index in [1.54, 1.807) is 6.21 Å². The fourth-order valence-corrected chi connectivity index (χ4v) is 4.49. The van der Waals surface area contributed by atoms with Gasteiger partial charge in [-0.25, -0.2) is 15.0 Å². The monoisotopic (exact) mass is 444 g/mol. The summed E-state index contributed by atoms with van der Waals surface area (Å²) in [7, 11) is 0. The second kappa shape index (κ2) is 8.63. The van der Waals surface area contributed by atoms with Gasteiger partial charge < -0.3 is 14.5 Å². The summed E-state index contributed by atoms with van der Waals surface area (Å²) in [6, 6.07) is 9.18. The number of fused-ring (bicyclic) bond motifs is 2. The molecule has 2 aliphatic rings. The molecular weight excluding hydrogens is 421 g/mol. The average Bonchev–Trinajstić information content (AvgIpc) is 3.25. The zero-order valence-corrected chi connectivity index (χ0v) is 17.3. The molecule has 1 fully saturated rings. The molecule has 9 heteroatoms. The Morgan fingerprint density at radius 2 is 1.94 bits per heavy atom. The molecule has 0 amide bonds. The van der Waals surface area contributed by atoms with E-state index < -0.39 is 11.9 Å². The molecule has 168 valence electrons.